The normalized spacial score (nSPS) is 30.5. The molecule has 2 fully saturated rings. The van der Waals surface area contributed by atoms with Crippen molar-refractivity contribution in [3.63, 3.8) is 0 Å². The molecular weight excluding hydrogens is 336 g/mol. The highest BCUT2D eigenvalue weighted by atomic mass is 32.2. The third-order valence-corrected chi connectivity index (χ3v) is 7.62. The summed E-state index contributed by atoms with van der Waals surface area (Å²) in [7, 11) is -0.323. The van der Waals surface area contributed by atoms with Crippen molar-refractivity contribution in [1.29, 1.82) is 0 Å². The van der Waals surface area contributed by atoms with E-state index < -0.39 is 15.8 Å². The summed E-state index contributed by atoms with van der Waals surface area (Å²) < 4.78 is 27.4. The van der Waals surface area contributed by atoms with E-state index in [1.807, 2.05) is 5.38 Å². The number of aliphatic hydroxyl groups is 1. The summed E-state index contributed by atoms with van der Waals surface area (Å²) in [6, 6.07) is 0. The lowest BCUT2D eigenvalue weighted by atomic mass is 9.76. The van der Waals surface area contributed by atoms with Crippen molar-refractivity contribution in [1.82, 2.24) is 18.5 Å². The molecule has 23 heavy (non-hydrogen) atoms. The predicted molar refractivity (Wildman–Crippen MR) is 89.2 cm³/mol. The molecule has 3 heterocycles. The van der Waals surface area contributed by atoms with Gasteiger partial charge in [-0.3, -0.25) is 4.90 Å². The second-order valence-electron chi connectivity index (χ2n) is 6.61. The topological polar surface area (TPSA) is 77.0 Å². The first-order valence-corrected chi connectivity index (χ1v) is 10.1. The van der Waals surface area contributed by atoms with Gasteiger partial charge in [-0.2, -0.15) is 17.0 Å². The second kappa shape index (κ2) is 6.38. The lowest BCUT2D eigenvalue weighted by Crippen LogP contribution is -2.61. The molecule has 9 heteroatoms. The summed E-state index contributed by atoms with van der Waals surface area (Å²) >= 11 is 1.63. The van der Waals surface area contributed by atoms with Crippen molar-refractivity contribution in [3.05, 3.63) is 16.6 Å². The smallest absolute Gasteiger partial charge is 0.281 e. The van der Waals surface area contributed by atoms with Crippen LogP contribution in [0.3, 0.4) is 0 Å². The van der Waals surface area contributed by atoms with Gasteiger partial charge >= 0.3 is 0 Å². The van der Waals surface area contributed by atoms with Crippen LogP contribution in [0.4, 0.5) is 0 Å². The quantitative estimate of drug-likeness (QED) is 0.831. The number of piperidine rings is 2. The molecular formula is C14H24N4O3S2. The van der Waals surface area contributed by atoms with Crippen LogP contribution in [-0.2, 0) is 16.8 Å². The first kappa shape index (κ1) is 17.2. The molecule has 0 aromatic carbocycles. The Balaban J connectivity index is 1.70. The van der Waals surface area contributed by atoms with Gasteiger partial charge in [-0.05, 0) is 12.8 Å². The Kier molecular flexibility index (Phi) is 4.78. The van der Waals surface area contributed by atoms with E-state index >= 15 is 0 Å². The molecule has 1 N–H and O–H groups in total. The summed E-state index contributed by atoms with van der Waals surface area (Å²) in [5.41, 5.74) is -0.738. The van der Waals surface area contributed by atoms with E-state index in [4.69, 9.17) is 0 Å². The van der Waals surface area contributed by atoms with Crippen molar-refractivity contribution in [2.24, 2.45) is 5.92 Å². The fourth-order valence-electron chi connectivity index (χ4n) is 3.45. The number of nitrogens with zero attached hydrogens (tertiary/aromatic N) is 4. The Bertz CT molecular complexity index is 634. The van der Waals surface area contributed by atoms with Gasteiger partial charge in [0.2, 0.25) is 0 Å². The van der Waals surface area contributed by atoms with Crippen LogP contribution >= 0.6 is 11.3 Å². The number of thiazole rings is 1. The van der Waals surface area contributed by atoms with E-state index in [0.29, 0.717) is 32.5 Å². The van der Waals surface area contributed by atoms with Crippen molar-refractivity contribution < 1.29 is 13.5 Å². The van der Waals surface area contributed by atoms with Gasteiger partial charge in [-0.25, -0.2) is 4.98 Å². The van der Waals surface area contributed by atoms with Crippen LogP contribution in [0.15, 0.2) is 11.6 Å². The van der Waals surface area contributed by atoms with E-state index in [0.717, 1.165) is 18.1 Å². The monoisotopic (exact) mass is 360 g/mol. The van der Waals surface area contributed by atoms with E-state index in [2.05, 4.69) is 9.88 Å². The predicted octanol–water partition coefficient (Wildman–Crippen LogP) is 0.208. The average Bonchev–Trinajstić information content (AvgIpc) is 2.99. The Hall–Kier alpha value is -0.580. The molecule has 2 saturated heterocycles. The molecule has 2 aliphatic rings. The van der Waals surface area contributed by atoms with Crippen molar-refractivity contribution in [2.75, 3.05) is 40.3 Å². The Morgan fingerprint density at radius 3 is 2.78 bits per heavy atom. The van der Waals surface area contributed by atoms with E-state index in [1.165, 1.54) is 8.61 Å². The number of fused-ring (bicyclic) bond motifs is 1. The maximum absolute atomic E-state index is 12.4. The van der Waals surface area contributed by atoms with Crippen molar-refractivity contribution in [2.45, 2.75) is 25.0 Å². The zero-order valence-electron chi connectivity index (χ0n) is 13.6. The number of rotatable bonds is 4. The first-order valence-electron chi connectivity index (χ1n) is 7.82. The number of hydrogen-bond donors (Lipinski definition) is 1. The third kappa shape index (κ3) is 3.45. The fraction of sp³-hybridized carbons (Fsp3) is 0.786. The van der Waals surface area contributed by atoms with Gasteiger partial charge in [0.15, 0.2) is 0 Å². The van der Waals surface area contributed by atoms with Crippen LogP contribution < -0.4 is 0 Å². The fourth-order valence-corrected chi connectivity index (χ4v) is 5.26. The molecule has 0 spiro atoms. The molecule has 7 nitrogen and oxygen atoms in total. The lowest BCUT2D eigenvalue weighted by Gasteiger charge is -2.49. The number of aromatic nitrogens is 1. The maximum Gasteiger partial charge on any atom is 0.281 e. The minimum absolute atomic E-state index is 0.0558. The van der Waals surface area contributed by atoms with Gasteiger partial charge in [-0.15, -0.1) is 11.3 Å². The molecule has 130 valence electrons. The minimum Gasteiger partial charge on any atom is -0.389 e. The van der Waals surface area contributed by atoms with Crippen LogP contribution in [0.2, 0.25) is 0 Å². The number of hydrogen-bond acceptors (Lipinski definition) is 6. The largest absolute Gasteiger partial charge is 0.389 e. The lowest BCUT2D eigenvalue weighted by molar-refractivity contribution is -0.103. The molecule has 0 radical (unpaired) electrons. The van der Waals surface area contributed by atoms with Crippen LogP contribution in [-0.4, -0.2) is 77.9 Å². The summed E-state index contributed by atoms with van der Waals surface area (Å²) in [5.74, 6) is -0.0558. The summed E-state index contributed by atoms with van der Waals surface area (Å²) in [4.78, 5) is 6.58. The molecule has 1 aromatic rings. The molecule has 2 atom stereocenters. The third-order valence-electron chi connectivity index (χ3n) is 4.95. The molecule has 0 unspecified atom stereocenters. The first-order chi connectivity index (χ1) is 10.8. The molecule has 0 aliphatic carbocycles. The SMILES string of the molecule is CN(C)S(=O)(=O)N1CC[C@@]2(O)CCN(Cc3nccs3)C[C@H]2C1. The highest BCUT2D eigenvalue weighted by Gasteiger charge is 2.47. The molecule has 2 aliphatic heterocycles. The van der Waals surface area contributed by atoms with E-state index in [9.17, 15) is 13.5 Å². The van der Waals surface area contributed by atoms with Gasteiger partial charge in [0.25, 0.3) is 10.2 Å². The molecule has 3 rings (SSSR count). The maximum atomic E-state index is 12.4. The van der Waals surface area contributed by atoms with Gasteiger partial charge in [-0.1, -0.05) is 0 Å². The van der Waals surface area contributed by atoms with Crippen molar-refractivity contribution >= 4 is 21.5 Å². The highest BCUT2D eigenvalue weighted by molar-refractivity contribution is 7.86. The van der Waals surface area contributed by atoms with Crippen LogP contribution in [0, 0.1) is 5.92 Å². The van der Waals surface area contributed by atoms with E-state index in [-0.39, 0.29) is 5.92 Å². The zero-order chi connectivity index (χ0) is 16.7. The summed E-state index contributed by atoms with van der Waals surface area (Å²) in [6.07, 6.45) is 3.00. The zero-order valence-corrected chi connectivity index (χ0v) is 15.2. The minimum atomic E-state index is -3.42. The Morgan fingerprint density at radius 1 is 1.39 bits per heavy atom. The molecule has 1 aromatic heterocycles. The van der Waals surface area contributed by atoms with Gasteiger partial charge < -0.3 is 5.11 Å². The van der Waals surface area contributed by atoms with Gasteiger partial charge in [0.05, 0.1) is 12.1 Å². The Labute approximate surface area is 141 Å². The Morgan fingerprint density at radius 2 is 2.13 bits per heavy atom. The van der Waals surface area contributed by atoms with Crippen LogP contribution in [0.1, 0.15) is 17.8 Å². The van der Waals surface area contributed by atoms with E-state index in [1.54, 1.807) is 31.6 Å². The standard InChI is InChI=1S/C14H24N4O3S2/c1-16(2)23(20,21)18-7-4-14(19)3-6-17(9-12(14)10-18)11-13-15-5-8-22-13/h5,8,12,19H,3-4,6-7,9-11H2,1-2H3/t12-,14-/m0/s1. The molecule has 0 amide bonds. The summed E-state index contributed by atoms with van der Waals surface area (Å²) in [5, 5.41) is 13.9. The van der Waals surface area contributed by atoms with Crippen LogP contribution in [0.5, 0.6) is 0 Å². The second-order valence-corrected chi connectivity index (χ2v) is 9.73. The highest BCUT2D eigenvalue weighted by Crippen LogP contribution is 2.36. The molecule has 0 saturated carbocycles. The number of likely N-dealkylation sites (tertiary alicyclic amines) is 1. The average molecular weight is 361 g/mol. The van der Waals surface area contributed by atoms with Gasteiger partial charge in [0, 0.05) is 57.8 Å². The summed E-state index contributed by atoms with van der Waals surface area (Å²) in [6.45, 7) is 3.07. The van der Waals surface area contributed by atoms with Crippen LogP contribution in [0.25, 0.3) is 0 Å². The molecule has 0 bridgehead atoms. The van der Waals surface area contributed by atoms with Crippen molar-refractivity contribution in [3.8, 4) is 0 Å². The van der Waals surface area contributed by atoms with Gasteiger partial charge in [0.1, 0.15) is 5.01 Å².